The molecule has 0 bridgehead atoms. The van der Waals surface area contributed by atoms with E-state index < -0.39 is 5.82 Å². The molecule has 2 aromatic rings. The number of hydrogen-bond acceptors (Lipinski definition) is 2. The Kier molecular flexibility index (Phi) is 4.57. The molecule has 0 saturated carbocycles. The Morgan fingerprint density at radius 1 is 1.30 bits per heavy atom. The van der Waals surface area contributed by atoms with Crippen LogP contribution in [-0.2, 0) is 6.61 Å². The van der Waals surface area contributed by atoms with Crippen molar-refractivity contribution < 1.29 is 9.13 Å². The summed E-state index contributed by atoms with van der Waals surface area (Å²) in [4.78, 5) is 0.152. The van der Waals surface area contributed by atoms with Crippen LogP contribution in [0, 0.1) is 12.7 Å². The second-order valence-corrected chi connectivity index (χ2v) is 5.28. The predicted octanol–water partition coefficient (Wildman–Crippen LogP) is 4.00. The van der Waals surface area contributed by atoms with Gasteiger partial charge in [-0.2, -0.15) is 0 Å². The Morgan fingerprint density at radius 2 is 2.05 bits per heavy atom. The topological polar surface area (TPSA) is 35.2 Å². The molecule has 0 unspecified atom stereocenters. The molecule has 0 atom stereocenters. The number of halogens is 2. The lowest BCUT2D eigenvalue weighted by molar-refractivity contribution is 0.305. The van der Waals surface area contributed by atoms with Crippen molar-refractivity contribution in [2.75, 3.05) is 0 Å². The normalized spacial score (nSPS) is 10.3. The first-order chi connectivity index (χ1) is 9.45. The zero-order chi connectivity index (χ0) is 14.7. The zero-order valence-corrected chi connectivity index (χ0v) is 12.4. The molecular formula is C15H13ClFNOS. The molecule has 5 heteroatoms. The van der Waals surface area contributed by atoms with Crippen LogP contribution in [0.3, 0.4) is 0 Å². The lowest BCUT2D eigenvalue weighted by Gasteiger charge is -2.10. The van der Waals surface area contributed by atoms with E-state index in [-0.39, 0.29) is 11.6 Å². The van der Waals surface area contributed by atoms with E-state index in [1.807, 2.05) is 19.1 Å². The van der Waals surface area contributed by atoms with Crippen LogP contribution in [0.1, 0.15) is 16.7 Å². The van der Waals surface area contributed by atoms with Crippen molar-refractivity contribution >= 4 is 28.8 Å². The molecule has 2 nitrogen and oxygen atoms in total. The van der Waals surface area contributed by atoms with Gasteiger partial charge in [0.05, 0.1) is 5.02 Å². The molecule has 2 rings (SSSR count). The fourth-order valence-corrected chi connectivity index (χ4v) is 2.17. The Labute approximate surface area is 127 Å². The third-order valence-electron chi connectivity index (χ3n) is 2.72. The minimum atomic E-state index is -0.399. The number of benzene rings is 2. The lowest BCUT2D eigenvalue weighted by Crippen LogP contribution is -2.10. The smallest absolute Gasteiger partial charge is 0.138 e. The molecule has 0 aliphatic rings. The SMILES string of the molecule is Cc1ccc(OCc2cc(F)cc(C(N)=S)c2)c(Cl)c1. The molecule has 0 amide bonds. The third kappa shape index (κ3) is 3.68. The number of thiocarbonyl (C=S) groups is 1. The van der Waals surface area contributed by atoms with E-state index in [1.165, 1.54) is 12.1 Å². The largest absolute Gasteiger partial charge is 0.487 e. The van der Waals surface area contributed by atoms with E-state index in [0.29, 0.717) is 21.9 Å². The van der Waals surface area contributed by atoms with E-state index in [1.54, 1.807) is 12.1 Å². The van der Waals surface area contributed by atoms with Gasteiger partial charge in [-0.3, -0.25) is 0 Å². The molecule has 0 heterocycles. The number of aryl methyl sites for hydroxylation is 1. The van der Waals surface area contributed by atoms with Gasteiger partial charge in [-0.15, -0.1) is 0 Å². The average molecular weight is 310 g/mol. The van der Waals surface area contributed by atoms with Crippen molar-refractivity contribution in [3.63, 3.8) is 0 Å². The van der Waals surface area contributed by atoms with Gasteiger partial charge >= 0.3 is 0 Å². The van der Waals surface area contributed by atoms with Crippen molar-refractivity contribution in [2.45, 2.75) is 13.5 Å². The van der Waals surface area contributed by atoms with Crippen LogP contribution in [0.15, 0.2) is 36.4 Å². The van der Waals surface area contributed by atoms with Crippen LogP contribution in [0.25, 0.3) is 0 Å². The number of nitrogens with two attached hydrogens (primary N) is 1. The molecule has 0 fully saturated rings. The molecule has 0 saturated heterocycles. The predicted molar refractivity (Wildman–Crippen MR) is 82.8 cm³/mol. The molecule has 0 radical (unpaired) electrons. The fraction of sp³-hybridized carbons (Fsp3) is 0.133. The van der Waals surface area contributed by atoms with Gasteiger partial charge in [0.2, 0.25) is 0 Å². The van der Waals surface area contributed by atoms with Crippen molar-refractivity contribution in [1.29, 1.82) is 0 Å². The van der Waals surface area contributed by atoms with Gasteiger partial charge in [-0.25, -0.2) is 4.39 Å². The van der Waals surface area contributed by atoms with Gasteiger partial charge in [0.15, 0.2) is 0 Å². The molecule has 104 valence electrons. The first-order valence-corrected chi connectivity index (χ1v) is 6.72. The molecular weight excluding hydrogens is 297 g/mol. The van der Waals surface area contributed by atoms with Crippen LogP contribution < -0.4 is 10.5 Å². The van der Waals surface area contributed by atoms with E-state index in [0.717, 1.165) is 5.56 Å². The van der Waals surface area contributed by atoms with E-state index >= 15 is 0 Å². The second kappa shape index (κ2) is 6.20. The van der Waals surface area contributed by atoms with Gasteiger partial charge in [0.1, 0.15) is 23.2 Å². The average Bonchev–Trinajstić information content (AvgIpc) is 2.37. The number of rotatable bonds is 4. The monoisotopic (exact) mass is 309 g/mol. The van der Waals surface area contributed by atoms with E-state index in [4.69, 9.17) is 34.3 Å². The third-order valence-corrected chi connectivity index (χ3v) is 3.25. The summed E-state index contributed by atoms with van der Waals surface area (Å²) in [5.41, 5.74) is 7.67. The summed E-state index contributed by atoms with van der Waals surface area (Å²) in [5.74, 6) is 0.155. The summed E-state index contributed by atoms with van der Waals surface area (Å²) in [5, 5.41) is 0.524. The fourth-order valence-electron chi connectivity index (χ4n) is 1.76. The molecule has 20 heavy (non-hydrogen) atoms. The lowest BCUT2D eigenvalue weighted by atomic mass is 10.1. The summed E-state index contributed by atoms with van der Waals surface area (Å²) in [7, 11) is 0. The quantitative estimate of drug-likeness (QED) is 0.867. The Balaban J connectivity index is 2.16. The van der Waals surface area contributed by atoms with Crippen LogP contribution in [-0.4, -0.2) is 4.99 Å². The Hall–Kier alpha value is -1.65. The summed E-state index contributed by atoms with van der Waals surface area (Å²) < 4.78 is 19.0. The highest BCUT2D eigenvalue weighted by molar-refractivity contribution is 7.80. The Bertz CT molecular complexity index is 660. The summed E-state index contributed by atoms with van der Waals surface area (Å²) in [6.45, 7) is 2.13. The van der Waals surface area contributed by atoms with Crippen molar-refractivity contribution in [2.24, 2.45) is 5.73 Å². The first-order valence-electron chi connectivity index (χ1n) is 5.94. The van der Waals surface area contributed by atoms with E-state index in [2.05, 4.69) is 0 Å². The summed E-state index contributed by atoms with van der Waals surface area (Å²) in [6.07, 6.45) is 0. The van der Waals surface area contributed by atoms with Crippen LogP contribution in [0.5, 0.6) is 5.75 Å². The van der Waals surface area contributed by atoms with Gasteiger partial charge in [-0.1, -0.05) is 29.9 Å². The number of ether oxygens (including phenoxy) is 1. The molecule has 0 aliphatic carbocycles. The second-order valence-electron chi connectivity index (χ2n) is 4.43. The van der Waals surface area contributed by atoms with Gasteiger partial charge in [-0.05, 0) is 48.4 Å². The van der Waals surface area contributed by atoms with Crippen molar-refractivity contribution in [1.82, 2.24) is 0 Å². The first kappa shape index (κ1) is 14.8. The number of hydrogen-bond donors (Lipinski definition) is 1. The van der Waals surface area contributed by atoms with Crippen LogP contribution in [0.2, 0.25) is 5.02 Å². The maximum atomic E-state index is 13.4. The maximum Gasteiger partial charge on any atom is 0.138 e. The van der Waals surface area contributed by atoms with Crippen LogP contribution >= 0.6 is 23.8 Å². The van der Waals surface area contributed by atoms with Crippen molar-refractivity contribution in [3.05, 3.63) is 63.9 Å². The summed E-state index contributed by atoms with van der Waals surface area (Å²) in [6, 6.07) is 9.86. The standard InChI is InChI=1S/C15H13ClFNOS/c1-9-2-3-14(13(16)4-9)19-8-10-5-11(15(18)20)7-12(17)6-10/h2-7H,8H2,1H3,(H2,18,20). The highest BCUT2D eigenvalue weighted by atomic mass is 35.5. The molecule has 2 N–H and O–H groups in total. The minimum Gasteiger partial charge on any atom is -0.487 e. The zero-order valence-electron chi connectivity index (χ0n) is 10.8. The van der Waals surface area contributed by atoms with E-state index in [9.17, 15) is 4.39 Å². The molecule has 0 aliphatic heterocycles. The highest BCUT2D eigenvalue weighted by Crippen LogP contribution is 2.26. The van der Waals surface area contributed by atoms with Crippen molar-refractivity contribution in [3.8, 4) is 5.75 Å². The van der Waals surface area contributed by atoms with Gasteiger partial charge in [0, 0.05) is 5.56 Å². The van der Waals surface area contributed by atoms with Gasteiger partial charge in [0.25, 0.3) is 0 Å². The van der Waals surface area contributed by atoms with Crippen LogP contribution in [0.4, 0.5) is 4.39 Å². The molecule has 0 spiro atoms. The minimum absolute atomic E-state index is 0.152. The molecule has 2 aromatic carbocycles. The maximum absolute atomic E-state index is 13.4. The summed E-state index contributed by atoms with van der Waals surface area (Å²) >= 11 is 10.9. The Morgan fingerprint density at radius 3 is 2.70 bits per heavy atom. The molecule has 0 aromatic heterocycles. The highest BCUT2D eigenvalue weighted by Gasteiger charge is 2.06. The van der Waals surface area contributed by atoms with Gasteiger partial charge < -0.3 is 10.5 Å².